The van der Waals surface area contributed by atoms with Crippen LogP contribution in [0.4, 0.5) is 0 Å². The third-order valence-electron chi connectivity index (χ3n) is 4.07. The lowest BCUT2D eigenvalue weighted by molar-refractivity contribution is -0.172. The predicted molar refractivity (Wildman–Crippen MR) is 58.1 cm³/mol. The average Bonchev–Trinajstić information content (AvgIpc) is 2.91. The standard InChI is InChI=1S/C12H18O5/c1-7-6-12(10(13)15-2,11(14)16-3)8-4-5-17-9(7)8/h7-9H,4-6H2,1-3H3/t7-,8-,9-/m1/s1. The van der Waals surface area contributed by atoms with E-state index in [1.54, 1.807) is 0 Å². The number of esters is 2. The molecule has 0 N–H and O–H groups in total. The molecule has 0 spiro atoms. The van der Waals surface area contributed by atoms with Gasteiger partial charge in [-0.05, 0) is 18.8 Å². The summed E-state index contributed by atoms with van der Waals surface area (Å²) in [5, 5.41) is 0. The van der Waals surface area contributed by atoms with Crippen molar-refractivity contribution < 1.29 is 23.8 Å². The van der Waals surface area contributed by atoms with E-state index in [1.165, 1.54) is 14.2 Å². The molecule has 2 rings (SSSR count). The van der Waals surface area contributed by atoms with Crippen molar-refractivity contribution in [1.29, 1.82) is 0 Å². The molecule has 0 bridgehead atoms. The van der Waals surface area contributed by atoms with E-state index in [0.717, 1.165) is 0 Å². The lowest BCUT2D eigenvalue weighted by Gasteiger charge is -2.28. The van der Waals surface area contributed by atoms with E-state index >= 15 is 0 Å². The molecule has 0 aromatic carbocycles. The molecule has 5 heteroatoms. The van der Waals surface area contributed by atoms with Crippen LogP contribution in [0.3, 0.4) is 0 Å². The Balaban J connectivity index is 2.40. The van der Waals surface area contributed by atoms with Gasteiger partial charge in [0.1, 0.15) is 0 Å². The van der Waals surface area contributed by atoms with Crippen molar-refractivity contribution in [2.24, 2.45) is 17.3 Å². The minimum atomic E-state index is -1.16. The summed E-state index contributed by atoms with van der Waals surface area (Å²) in [4.78, 5) is 24.1. The minimum Gasteiger partial charge on any atom is -0.468 e. The van der Waals surface area contributed by atoms with Crippen molar-refractivity contribution in [1.82, 2.24) is 0 Å². The first-order valence-electron chi connectivity index (χ1n) is 5.86. The molecule has 0 amide bonds. The molecule has 0 unspecified atom stereocenters. The van der Waals surface area contributed by atoms with E-state index in [4.69, 9.17) is 14.2 Å². The number of carbonyl (C=O) groups is 2. The first-order valence-corrected chi connectivity index (χ1v) is 5.86. The van der Waals surface area contributed by atoms with Gasteiger partial charge < -0.3 is 14.2 Å². The number of carbonyl (C=O) groups excluding carboxylic acids is 2. The van der Waals surface area contributed by atoms with E-state index in [0.29, 0.717) is 19.4 Å². The maximum Gasteiger partial charge on any atom is 0.323 e. The van der Waals surface area contributed by atoms with Gasteiger partial charge in [0, 0.05) is 12.5 Å². The van der Waals surface area contributed by atoms with Gasteiger partial charge in [-0.15, -0.1) is 0 Å². The molecular weight excluding hydrogens is 224 g/mol. The van der Waals surface area contributed by atoms with Crippen LogP contribution >= 0.6 is 0 Å². The SMILES string of the molecule is COC(=O)C1(C(=O)OC)C[C@@H](C)[C@H]2OCC[C@H]21. The van der Waals surface area contributed by atoms with Crippen LogP contribution in [0, 0.1) is 17.3 Å². The normalized spacial score (nSPS) is 34.2. The molecular formula is C12H18O5. The molecule has 1 saturated carbocycles. The molecule has 0 aromatic rings. The van der Waals surface area contributed by atoms with E-state index < -0.39 is 17.4 Å². The fourth-order valence-electron chi connectivity index (χ4n) is 3.39. The molecule has 17 heavy (non-hydrogen) atoms. The first-order chi connectivity index (χ1) is 8.07. The van der Waals surface area contributed by atoms with Crippen LogP contribution in [-0.2, 0) is 23.8 Å². The summed E-state index contributed by atoms with van der Waals surface area (Å²) < 4.78 is 15.3. The van der Waals surface area contributed by atoms with Crippen LogP contribution in [0.5, 0.6) is 0 Å². The zero-order valence-electron chi connectivity index (χ0n) is 10.4. The monoisotopic (exact) mass is 242 g/mol. The molecule has 2 fully saturated rings. The predicted octanol–water partition coefficient (Wildman–Crippen LogP) is 0.764. The molecule has 3 atom stereocenters. The van der Waals surface area contributed by atoms with Gasteiger partial charge in [-0.1, -0.05) is 6.92 Å². The highest BCUT2D eigenvalue weighted by Crippen LogP contribution is 2.53. The molecule has 1 aliphatic heterocycles. The Kier molecular flexibility index (Phi) is 3.12. The third-order valence-corrected chi connectivity index (χ3v) is 4.07. The van der Waals surface area contributed by atoms with Crippen molar-refractivity contribution in [2.75, 3.05) is 20.8 Å². The quantitative estimate of drug-likeness (QED) is 0.528. The summed E-state index contributed by atoms with van der Waals surface area (Å²) in [7, 11) is 2.61. The van der Waals surface area contributed by atoms with Crippen molar-refractivity contribution in [3.8, 4) is 0 Å². The number of fused-ring (bicyclic) bond motifs is 1. The highest BCUT2D eigenvalue weighted by molar-refractivity contribution is 6.01. The van der Waals surface area contributed by atoms with Gasteiger partial charge in [-0.2, -0.15) is 0 Å². The average molecular weight is 242 g/mol. The van der Waals surface area contributed by atoms with Crippen molar-refractivity contribution in [2.45, 2.75) is 25.9 Å². The van der Waals surface area contributed by atoms with E-state index in [9.17, 15) is 9.59 Å². The zero-order chi connectivity index (χ0) is 12.6. The van der Waals surface area contributed by atoms with Crippen molar-refractivity contribution in [3.05, 3.63) is 0 Å². The van der Waals surface area contributed by atoms with E-state index in [-0.39, 0.29) is 17.9 Å². The molecule has 0 aromatic heterocycles. The number of ether oxygens (including phenoxy) is 3. The van der Waals surface area contributed by atoms with Gasteiger partial charge in [-0.25, -0.2) is 0 Å². The van der Waals surface area contributed by atoms with Crippen LogP contribution < -0.4 is 0 Å². The third kappa shape index (κ3) is 1.56. The fourth-order valence-corrected chi connectivity index (χ4v) is 3.39. The smallest absolute Gasteiger partial charge is 0.323 e. The molecule has 96 valence electrons. The van der Waals surface area contributed by atoms with Crippen LogP contribution in [0.15, 0.2) is 0 Å². The van der Waals surface area contributed by atoms with Crippen molar-refractivity contribution >= 4 is 11.9 Å². The second-order valence-electron chi connectivity index (χ2n) is 4.87. The number of methoxy groups -OCH3 is 2. The van der Waals surface area contributed by atoms with Gasteiger partial charge in [0.15, 0.2) is 5.41 Å². The molecule has 0 radical (unpaired) electrons. The second-order valence-corrected chi connectivity index (χ2v) is 4.87. The largest absolute Gasteiger partial charge is 0.468 e. The Morgan fingerprint density at radius 2 is 1.82 bits per heavy atom. The highest BCUT2D eigenvalue weighted by atomic mass is 16.5. The van der Waals surface area contributed by atoms with Crippen LogP contribution in [-0.4, -0.2) is 38.9 Å². The van der Waals surface area contributed by atoms with E-state index in [2.05, 4.69) is 0 Å². The summed E-state index contributed by atoms with van der Waals surface area (Å²) in [6.45, 7) is 2.59. The summed E-state index contributed by atoms with van der Waals surface area (Å²) in [5.74, 6) is -0.929. The maximum atomic E-state index is 12.0. The molecule has 5 nitrogen and oxygen atoms in total. The summed E-state index contributed by atoms with van der Waals surface area (Å²) in [6, 6.07) is 0. The molecule has 1 heterocycles. The molecule has 1 aliphatic carbocycles. The highest BCUT2D eigenvalue weighted by Gasteiger charge is 2.64. The van der Waals surface area contributed by atoms with Crippen LogP contribution in [0.25, 0.3) is 0 Å². The van der Waals surface area contributed by atoms with Crippen LogP contribution in [0.2, 0.25) is 0 Å². The topological polar surface area (TPSA) is 61.8 Å². The van der Waals surface area contributed by atoms with Gasteiger partial charge in [0.05, 0.1) is 20.3 Å². The Morgan fingerprint density at radius 3 is 2.35 bits per heavy atom. The van der Waals surface area contributed by atoms with Gasteiger partial charge >= 0.3 is 11.9 Å². The lowest BCUT2D eigenvalue weighted by atomic mass is 9.76. The number of rotatable bonds is 2. The van der Waals surface area contributed by atoms with Gasteiger partial charge in [0.25, 0.3) is 0 Å². The van der Waals surface area contributed by atoms with Gasteiger partial charge in [-0.3, -0.25) is 9.59 Å². The molecule has 1 saturated heterocycles. The van der Waals surface area contributed by atoms with Crippen LogP contribution in [0.1, 0.15) is 19.8 Å². The van der Waals surface area contributed by atoms with E-state index in [1.807, 2.05) is 6.92 Å². The summed E-state index contributed by atoms with van der Waals surface area (Å²) in [5.41, 5.74) is -1.16. The fraction of sp³-hybridized carbons (Fsp3) is 0.833. The minimum absolute atomic E-state index is 0.0341. The Bertz CT molecular complexity index is 322. The number of hydrogen-bond acceptors (Lipinski definition) is 5. The van der Waals surface area contributed by atoms with Gasteiger partial charge in [0.2, 0.25) is 0 Å². The Hall–Kier alpha value is -1.10. The summed E-state index contributed by atoms with van der Waals surface area (Å²) >= 11 is 0. The second kappa shape index (κ2) is 4.29. The zero-order valence-corrected chi connectivity index (χ0v) is 10.4. The molecule has 2 aliphatic rings. The summed E-state index contributed by atoms with van der Waals surface area (Å²) in [6.07, 6.45) is 1.12. The Labute approximate surface area is 100 Å². The number of hydrogen-bond donors (Lipinski definition) is 0. The Morgan fingerprint density at radius 1 is 1.24 bits per heavy atom. The lowest BCUT2D eigenvalue weighted by Crippen LogP contribution is -2.45. The van der Waals surface area contributed by atoms with Crippen molar-refractivity contribution in [3.63, 3.8) is 0 Å². The first kappa shape index (κ1) is 12.4. The maximum absolute atomic E-state index is 12.0.